The third-order valence-electron chi connectivity index (χ3n) is 5.07. The number of hydrogen-bond acceptors (Lipinski definition) is 4. The molecule has 1 saturated heterocycles. The molecule has 3 aromatic rings. The summed E-state index contributed by atoms with van der Waals surface area (Å²) in [6, 6.07) is 9.09. The normalized spacial score (nSPS) is 17.1. The van der Waals surface area contributed by atoms with E-state index >= 15 is 0 Å². The fraction of sp³-hybridized carbons (Fsp3) is 0.350. The molecule has 0 radical (unpaired) electrons. The number of amides is 1. The maximum atomic E-state index is 13.3. The van der Waals surface area contributed by atoms with Crippen molar-refractivity contribution in [2.45, 2.75) is 26.3 Å². The maximum Gasteiger partial charge on any atom is 0.231 e. The first-order chi connectivity index (χ1) is 13.5. The second-order valence-corrected chi connectivity index (χ2v) is 7.14. The number of carbonyl (C=O) groups excluding carboxylic acids is 1. The average Bonchev–Trinajstić information content (AvgIpc) is 3.11. The molecule has 0 bridgehead atoms. The zero-order valence-electron chi connectivity index (χ0n) is 15.5. The summed E-state index contributed by atoms with van der Waals surface area (Å²) in [5.41, 5.74) is 2.20. The summed E-state index contributed by atoms with van der Waals surface area (Å²) in [7, 11) is 0. The highest BCUT2D eigenvalue weighted by Gasteiger charge is 2.28. The van der Waals surface area contributed by atoms with Crippen molar-refractivity contribution in [2.75, 3.05) is 18.0 Å². The molecule has 1 amide bonds. The van der Waals surface area contributed by atoms with Gasteiger partial charge in [-0.15, -0.1) is 10.2 Å². The van der Waals surface area contributed by atoms with Crippen LogP contribution in [0.5, 0.6) is 0 Å². The number of pyridine rings is 1. The zero-order chi connectivity index (χ0) is 19.7. The first-order valence-corrected chi connectivity index (χ1v) is 9.29. The van der Waals surface area contributed by atoms with Gasteiger partial charge >= 0.3 is 0 Å². The molecule has 1 atom stereocenters. The van der Waals surface area contributed by atoms with Crippen molar-refractivity contribution in [3.8, 4) is 0 Å². The van der Waals surface area contributed by atoms with E-state index in [4.69, 9.17) is 0 Å². The van der Waals surface area contributed by atoms with Crippen molar-refractivity contribution in [3.63, 3.8) is 0 Å². The van der Waals surface area contributed by atoms with Crippen LogP contribution in [0.2, 0.25) is 0 Å². The van der Waals surface area contributed by atoms with Crippen molar-refractivity contribution in [1.29, 1.82) is 0 Å². The highest BCUT2D eigenvalue weighted by Crippen LogP contribution is 2.23. The Kier molecular flexibility index (Phi) is 4.93. The molecule has 2 aromatic heterocycles. The molecule has 8 heteroatoms. The van der Waals surface area contributed by atoms with E-state index in [1.807, 2.05) is 29.5 Å². The molecule has 0 aliphatic carbocycles. The van der Waals surface area contributed by atoms with E-state index in [1.54, 1.807) is 0 Å². The number of piperidine rings is 1. The molecule has 1 N–H and O–H groups in total. The van der Waals surface area contributed by atoms with Crippen LogP contribution in [0.3, 0.4) is 0 Å². The highest BCUT2D eigenvalue weighted by molar-refractivity contribution is 5.79. The fourth-order valence-electron chi connectivity index (χ4n) is 3.71. The number of nitrogens with zero attached hydrogens (tertiary/aromatic N) is 4. The molecule has 0 saturated carbocycles. The standard InChI is InChI=1S/C20H21F2N5O/c1-13-4-2-6-18-24-25-20(27(13)18)26-7-3-5-15(12-26)19(28)23-11-14-8-16(21)10-17(22)9-14/h2,4,6,8-10,15H,3,5,7,11-12H2,1H3,(H,23,28)/t15-/m0/s1. The Balaban J connectivity index is 1.45. The molecule has 6 nitrogen and oxygen atoms in total. The Morgan fingerprint density at radius 1 is 1.21 bits per heavy atom. The molecular formula is C20H21F2N5O. The zero-order valence-corrected chi connectivity index (χ0v) is 15.5. The number of rotatable bonds is 4. The van der Waals surface area contributed by atoms with Gasteiger partial charge in [0, 0.05) is 31.4 Å². The minimum atomic E-state index is -0.651. The number of hydrogen-bond donors (Lipinski definition) is 1. The Morgan fingerprint density at radius 3 is 2.79 bits per heavy atom. The number of carbonyl (C=O) groups is 1. The fourth-order valence-corrected chi connectivity index (χ4v) is 3.71. The van der Waals surface area contributed by atoms with Gasteiger partial charge in [-0.2, -0.15) is 0 Å². The number of anilines is 1. The van der Waals surface area contributed by atoms with Gasteiger partial charge in [0.05, 0.1) is 5.92 Å². The van der Waals surface area contributed by atoms with Crippen LogP contribution in [0.15, 0.2) is 36.4 Å². The monoisotopic (exact) mass is 385 g/mol. The molecule has 146 valence electrons. The molecule has 1 fully saturated rings. The number of aromatic nitrogens is 3. The largest absolute Gasteiger partial charge is 0.352 e. The Morgan fingerprint density at radius 2 is 2.00 bits per heavy atom. The first kappa shape index (κ1) is 18.3. The van der Waals surface area contributed by atoms with E-state index in [1.165, 1.54) is 12.1 Å². The summed E-state index contributed by atoms with van der Waals surface area (Å²) in [6.45, 7) is 3.41. The van der Waals surface area contributed by atoms with Crippen LogP contribution >= 0.6 is 0 Å². The van der Waals surface area contributed by atoms with Crippen molar-refractivity contribution in [1.82, 2.24) is 19.9 Å². The lowest BCUT2D eigenvalue weighted by Crippen LogP contribution is -2.43. The van der Waals surface area contributed by atoms with E-state index in [0.717, 1.165) is 42.7 Å². The number of aryl methyl sites for hydroxylation is 1. The molecule has 1 aromatic carbocycles. The lowest BCUT2D eigenvalue weighted by Gasteiger charge is -2.32. The Bertz CT molecular complexity index is 999. The quantitative estimate of drug-likeness (QED) is 0.750. The van der Waals surface area contributed by atoms with E-state index in [0.29, 0.717) is 12.1 Å². The van der Waals surface area contributed by atoms with Crippen molar-refractivity contribution >= 4 is 17.5 Å². The molecule has 0 unspecified atom stereocenters. The van der Waals surface area contributed by atoms with Gasteiger partial charge in [0.25, 0.3) is 0 Å². The highest BCUT2D eigenvalue weighted by atomic mass is 19.1. The number of nitrogens with one attached hydrogen (secondary N) is 1. The van der Waals surface area contributed by atoms with Crippen LogP contribution < -0.4 is 10.2 Å². The Hall–Kier alpha value is -3.03. The van der Waals surface area contributed by atoms with Gasteiger partial charge in [0.1, 0.15) is 11.6 Å². The van der Waals surface area contributed by atoms with E-state index in [-0.39, 0.29) is 18.4 Å². The van der Waals surface area contributed by atoms with Gasteiger partial charge in [-0.3, -0.25) is 9.20 Å². The van der Waals surface area contributed by atoms with Crippen LogP contribution in [0.4, 0.5) is 14.7 Å². The molecule has 1 aliphatic heterocycles. The van der Waals surface area contributed by atoms with Crippen molar-refractivity contribution < 1.29 is 13.6 Å². The summed E-state index contributed by atoms with van der Waals surface area (Å²) in [5.74, 6) is -0.912. The van der Waals surface area contributed by atoms with Crippen molar-refractivity contribution in [3.05, 3.63) is 59.3 Å². The van der Waals surface area contributed by atoms with Gasteiger partial charge in [-0.25, -0.2) is 8.78 Å². The van der Waals surface area contributed by atoms with Gasteiger partial charge < -0.3 is 10.2 Å². The van der Waals surface area contributed by atoms with E-state index in [9.17, 15) is 13.6 Å². The van der Waals surface area contributed by atoms with Crippen molar-refractivity contribution in [2.24, 2.45) is 5.92 Å². The summed E-state index contributed by atoms with van der Waals surface area (Å²) in [6.07, 6.45) is 1.61. The number of fused-ring (bicyclic) bond motifs is 1. The van der Waals surface area contributed by atoms with Crippen LogP contribution in [-0.2, 0) is 11.3 Å². The smallest absolute Gasteiger partial charge is 0.231 e. The summed E-state index contributed by atoms with van der Waals surface area (Å²) in [4.78, 5) is 14.7. The predicted molar refractivity (Wildman–Crippen MR) is 101 cm³/mol. The second kappa shape index (κ2) is 7.53. The number of benzene rings is 1. The Labute approximate surface area is 161 Å². The molecular weight excluding hydrogens is 364 g/mol. The summed E-state index contributed by atoms with van der Waals surface area (Å²) in [5, 5.41) is 11.3. The number of halogens is 2. The van der Waals surface area contributed by atoms with Crippen LogP contribution in [-0.4, -0.2) is 33.6 Å². The summed E-state index contributed by atoms with van der Waals surface area (Å²) < 4.78 is 28.6. The molecule has 1 aliphatic rings. The summed E-state index contributed by atoms with van der Waals surface area (Å²) >= 11 is 0. The molecule has 3 heterocycles. The SMILES string of the molecule is Cc1cccc2nnc(N3CCC[C@H](C(=O)NCc4cc(F)cc(F)c4)C3)n12. The van der Waals surface area contributed by atoms with Gasteiger partial charge in [0.2, 0.25) is 11.9 Å². The topological polar surface area (TPSA) is 62.5 Å². The third kappa shape index (κ3) is 3.67. The van der Waals surface area contributed by atoms with Crippen LogP contribution in [0, 0.1) is 24.5 Å². The average molecular weight is 385 g/mol. The molecule has 28 heavy (non-hydrogen) atoms. The minimum Gasteiger partial charge on any atom is -0.352 e. The lowest BCUT2D eigenvalue weighted by atomic mass is 9.97. The van der Waals surface area contributed by atoms with Crippen LogP contribution in [0.1, 0.15) is 24.1 Å². The molecule has 4 rings (SSSR count). The second-order valence-electron chi connectivity index (χ2n) is 7.14. The predicted octanol–water partition coefficient (Wildman–Crippen LogP) is 2.85. The van der Waals surface area contributed by atoms with Crippen LogP contribution in [0.25, 0.3) is 5.65 Å². The van der Waals surface area contributed by atoms with E-state index in [2.05, 4.69) is 20.4 Å². The maximum absolute atomic E-state index is 13.3. The first-order valence-electron chi connectivity index (χ1n) is 9.29. The third-order valence-corrected chi connectivity index (χ3v) is 5.07. The minimum absolute atomic E-state index is 0.0942. The van der Waals surface area contributed by atoms with E-state index < -0.39 is 11.6 Å². The lowest BCUT2D eigenvalue weighted by molar-refractivity contribution is -0.125. The molecule has 0 spiro atoms. The van der Waals surface area contributed by atoms with Gasteiger partial charge in [-0.05, 0) is 49.6 Å². The van der Waals surface area contributed by atoms with Gasteiger partial charge in [0.15, 0.2) is 5.65 Å². The van der Waals surface area contributed by atoms with Gasteiger partial charge in [-0.1, -0.05) is 6.07 Å².